The summed E-state index contributed by atoms with van der Waals surface area (Å²) in [5.41, 5.74) is 0. The van der Waals surface area contributed by atoms with Gasteiger partial charge in [0.25, 0.3) is 0 Å². The van der Waals surface area contributed by atoms with E-state index in [9.17, 15) is 4.79 Å². The summed E-state index contributed by atoms with van der Waals surface area (Å²) < 4.78 is 4.20. The third-order valence-electron chi connectivity index (χ3n) is 0.878. The second kappa shape index (κ2) is 3.69. The molecule has 4 heteroatoms. The van der Waals surface area contributed by atoms with Crippen molar-refractivity contribution in [2.24, 2.45) is 0 Å². The van der Waals surface area contributed by atoms with Crippen molar-refractivity contribution in [2.45, 2.75) is 18.4 Å². The van der Waals surface area contributed by atoms with Crippen LogP contribution in [0, 0.1) is 0 Å². The number of aliphatic hydroxyl groups is 1. The third-order valence-corrected chi connectivity index (χ3v) is 1.12. The average molecular weight is 153 g/mol. The highest BCUT2D eigenvalue weighted by Crippen LogP contribution is 2.01. The first kappa shape index (κ1) is 8.72. The highest BCUT2D eigenvalue weighted by atomic mass is 35.5. The Kier molecular flexibility index (Phi) is 3.58. The summed E-state index contributed by atoms with van der Waals surface area (Å²) in [6, 6.07) is 0. The molecule has 0 fully saturated rings. The standard InChI is InChI=1S/C5H9ClO3/c1-3(6)4(7)5(8)9-2/h3-4,7H,1-2H3/t3-,4-/m0/s1. The molecule has 0 heterocycles. The predicted octanol–water partition coefficient (Wildman–Crippen LogP) is 0.148. The number of halogens is 1. The van der Waals surface area contributed by atoms with Gasteiger partial charge in [0.15, 0.2) is 6.10 Å². The van der Waals surface area contributed by atoms with Crippen molar-refractivity contribution < 1.29 is 14.6 Å². The van der Waals surface area contributed by atoms with Gasteiger partial charge in [0.05, 0.1) is 12.5 Å². The molecule has 54 valence electrons. The lowest BCUT2D eigenvalue weighted by molar-refractivity contribution is -0.150. The van der Waals surface area contributed by atoms with Gasteiger partial charge >= 0.3 is 5.97 Å². The molecule has 3 nitrogen and oxygen atoms in total. The van der Waals surface area contributed by atoms with Crippen molar-refractivity contribution in [3.05, 3.63) is 0 Å². The smallest absolute Gasteiger partial charge is 0.336 e. The summed E-state index contributed by atoms with van der Waals surface area (Å²) in [7, 11) is 1.20. The minimum absolute atomic E-state index is 0.600. The Balaban J connectivity index is 3.72. The van der Waals surface area contributed by atoms with Crippen LogP contribution in [-0.2, 0) is 9.53 Å². The first-order valence-corrected chi connectivity index (χ1v) is 2.93. The number of esters is 1. The SMILES string of the molecule is COC(=O)[C@@H](O)[C@H](C)Cl. The molecule has 0 aromatic carbocycles. The van der Waals surface area contributed by atoms with E-state index in [1.165, 1.54) is 14.0 Å². The van der Waals surface area contributed by atoms with E-state index < -0.39 is 17.5 Å². The van der Waals surface area contributed by atoms with Crippen LogP contribution in [0.2, 0.25) is 0 Å². The van der Waals surface area contributed by atoms with Crippen LogP contribution in [0.4, 0.5) is 0 Å². The van der Waals surface area contributed by atoms with Gasteiger partial charge < -0.3 is 9.84 Å². The van der Waals surface area contributed by atoms with E-state index in [0.717, 1.165) is 0 Å². The normalized spacial score (nSPS) is 16.4. The summed E-state index contributed by atoms with van der Waals surface area (Å²) in [6.07, 6.45) is -1.21. The Labute approximate surface area is 58.6 Å². The second-order valence-electron chi connectivity index (χ2n) is 1.65. The maximum Gasteiger partial charge on any atom is 0.336 e. The molecule has 1 N–H and O–H groups in total. The molecule has 0 aromatic rings. The number of rotatable bonds is 2. The number of hydrogen-bond donors (Lipinski definition) is 1. The molecule has 0 radical (unpaired) electrons. The number of carbonyl (C=O) groups excluding carboxylic acids is 1. The van der Waals surface area contributed by atoms with Crippen LogP contribution in [0.1, 0.15) is 6.92 Å². The quantitative estimate of drug-likeness (QED) is 0.453. The molecule has 0 aromatic heterocycles. The van der Waals surface area contributed by atoms with E-state index in [0.29, 0.717) is 0 Å². The van der Waals surface area contributed by atoms with Gasteiger partial charge in [0, 0.05) is 0 Å². The molecule has 9 heavy (non-hydrogen) atoms. The maximum absolute atomic E-state index is 10.4. The highest BCUT2D eigenvalue weighted by Gasteiger charge is 2.20. The van der Waals surface area contributed by atoms with Crippen LogP contribution < -0.4 is 0 Å². The summed E-state index contributed by atoms with van der Waals surface area (Å²) in [5, 5.41) is 8.19. The third kappa shape index (κ3) is 2.67. The van der Waals surface area contributed by atoms with Gasteiger partial charge in [0.1, 0.15) is 0 Å². The first-order valence-electron chi connectivity index (χ1n) is 2.49. The van der Waals surface area contributed by atoms with Crippen LogP contribution >= 0.6 is 11.6 Å². The lowest BCUT2D eigenvalue weighted by atomic mass is 10.3. The summed E-state index contributed by atoms with van der Waals surface area (Å²) >= 11 is 5.35. The average Bonchev–Trinajstić information content (AvgIpc) is 1.84. The summed E-state index contributed by atoms with van der Waals surface area (Å²) in [6.45, 7) is 1.52. The second-order valence-corrected chi connectivity index (χ2v) is 2.33. The van der Waals surface area contributed by atoms with E-state index in [4.69, 9.17) is 16.7 Å². The van der Waals surface area contributed by atoms with Crippen LogP contribution in [-0.4, -0.2) is 29.7 Å². The number of methoxy groups -OCH3 is 1. The van der Waals surface area contributed by atoms with Gasteiger partial charge in [-0.2, -0.15) is 0 Å². The molecule has 0 aliphatic heterocycles. The topological polar surface area (TPSA) is 46.5 Å². The van der Waals surface area contributed by atoms with Crippen molar-refractivity contribution in [1.82, 2.24) is 0 Å². The molecule has 0 saturated heterocycles. The minimum atomic E-state index is -1.21. The largest absolute Gasteiger partial charge is 0.467 e. The lowest BCUT2D eigenvalue weighted by Gasteiger charge is -2.08. The molecule has 0 unspecified atom stereocenters. The molecular weight excluding hydrogens is 144 g/mol. The molecule has 0 spiro atoms. The number of hydrogen-bond acceptors (Lipinski definition) is 3. The molecule has 0 rings (SSSR count). The summed E-state index contributed by atoms with van der Waals surface area (Å²) in [5.74, 6) is -0.697. The Bertz CT molecular complexity index is 102. The fraction of sp³-hybridized carbons (Fsp3) is 0.800. The zero-order valence-electron chi connectivity index (χ0n) is 5.30. The first-order chi connectivity index (χ1) is 4.09. The van der Waals surface area contributed by atoms with E-state index >= 15 is 0 Å². The Morgan fingerprint density at radius 2 is 2.22 bits per heavy atom. The molecular formula is C5H9ClO3. The van der Waals surface area contributed by atoms with Crippen LogP contribution in [0.5, 0.6) is 0 Å². The molecule has 0 aliphatic rings. The van der Waals surface area contributed by atoms with Crippen molar-refractivity contribution in [1.29, 1.82) is 0 Å². The monoisotopic (exact) mass is 152 g/mol. The molecule has 0 amide bonds. The number of carbonyl (C=O) groups is 1. The number of aliphatic hydroxyl groups excluding tert-OH is 1. The van der Waals surface area contributed by atoms with Crippen molar-refractivity contribution in [3.63, 3.8) is 0 Å². The number of alkyl halides is 1. The van der Waals surface area contributed by atoms with Crippen molar-refractivity contribution >= 4 is 17.6 Å². The van der Waals surface area contributed by atoms with Gasteiger partial charge in [0.2, 0.25) is 0 Å². The lowest BCUT2D eigenvalue weighted by Crippen LogP contribution is -2.29. The number of ether oxygens (including phenoxy) is 1. The van der Waals surface area contributed by atoms with Gasteiger partial charge in [-0.15, -0.1) is 11.6 Å². The van der Waals surface area contributed by atoms with Gasteiger partial charge in [-0.05, 0) is 6.92 Å². The highest BCUT2D eigenvalue weighted by molar-refractivity contribution is 6.22. The fourth-order valence-electron chi connectivity index (χ4n) is 0.308. The van der Waals surface area contributed by atoms with Gasteiger partial charge in [-0.1, -0.05) is 0 Å². The van der Waals surface area contributed by atoms with Crippen LogP contribution in [0.3, 0.4) is 0 Å². The van der Waals surface area contributed by atoms with Crippen LogP contribution in [0.15, 0.2) is 0 Å². The summed E-state index contributed by atoms with van der Waals surface area (Å²) in [4.78, 5) is 10.4. The molecule has 0 bridgehead atoms. The fourth-order valence-corrected chi connectivity index (χ4v) is 0.411. The zero-order chi connectivity index (χ0) is 7.44. The maximum atomic E-state index is 10.4. The van der Waals surface area contributed by atoms with E-state index in [2.05, 4.69) is 4.74 Å². The van der Waals surface area contributed by atoms with Gasteiger partial charge in [-0.3, -0.25) is 0 Å². The van der Waals surface area contributed by atoms with Crippen molar-refractivity contribution in [2.75, 3.05) is 7.11 Å². The van der Waals surface area contributed by atoms with Gasteiger partial charge in [-0.25, -0.2) is 4.79 Å². The Hall–Kier alpha value is -0.280. The Morgan fingerprint density at radius 3 is 2.33 bits per heavy atom. The van der Waals surface area contributed by atoms with Crippen LogP contribution in [0.25, 0.3) is 0 Å². The van der Waals surface area contributed by atoms with E-state index in [1.54, 1.807) is 0 Å². The molecule has 0 aliphatic carbocycles. The predicted molar refractivity (Wildman–Crippen MR) is 33.3 cm³/mol. The Morgan fingerprint density at radius 1 is 1.78 bits per heavy atom. The van der Waals surface area contributed by atoms with Crippen molar-refractivity contribution in [3.8, 4) is 0 Å². The van der Waals surface area contributed by atoms with E-state index in [1.807, 2.05) is 0 Å². The van der Waals surface area contributed by atoms with E-state index in [-0.39, 0.29) is 0 Å². The zero-order valence-corrected chi connectivity index (χ0v) is 6.05. The minimum Gasteiger partial charge on any atom is -0.467 e. The molecule has 0 saturated carbocycles. The molecule has 2 atom stereocenters.